The van der Waals surface area contributed by atoms with Gasteiger partial charge < -0.3 is 15.4 Å². The van der Waals surface area contributed by atoms with Crippen molar-refractivity contribution < 1.29 is 13.9 Å². The van der Waals surface area contributed by atoms with E-state index in [1.165, 1.54) is 18.2 Å². The fourth-order valence-corrected chi connectivity index (χ4v) is 1.34. The van der Waals surface area contributed by atoms with Crippen LogP contribution in [0.2, 0.25) is 5.02 Å². The summed E-state index contributed by atoms with van der Waals surface area (Å²) < 4.78 is 17.7. The maximum Gasteiger partial charge on any atom is 0.238 e. The highest BCUT2D eigenvalue weighted by molar-refractivity contribution is 6.31. The van der Waals surface area contributed by atoms with Crippen molar-refractivity contribution in [1.82, 2.24) is 5.32 Å². The average Bonchev–Trinajstić information content (AvgIpc) is 2.30. The van der Waals surface area contributed by atoms with Gasteiger partial charge in [0.25, 0.3) is 0 Å². The Kier molecular flexibility index (Phi) is 5.90. The van der Waals surface area contributed by atoms with Gasteiger partial charge >= 0.3 is 0 Å². The smallest absolute Gasteiger partial charge is 0.238 e. The maximum absolute atomic E-state index is 12.9. The number of hydrogen-bond acceptors (Lipinski definition) is 3. The molecule has 0 aromatic heterocycles. The van der Waals surface area contributed by atoms with Crippen molar-refractivity contribution in [3.8, 4) is 0 Å². The first kappa shape index (κ1) is 13.9. The van der Waals surface area contributed by atoms with Crippen molar-refractivity contribution >= 4 is 23.2 Å². The van der Waals surface area contributed by atoms with Gasteiger partial charge in [0.05, 0.1) is 18.2 Å². The number of anilines is 1. The molecule has 2 N–H and O–H groups in total. The molecule has 0 aliphatic carbocycles. The Bertz CT molecular complexity index is 388. The minimum Gasteiger partial charge on any atom is -0.383 e. The number of methoxy groups -OCH3 is 1. The van der Waals surface area contributed by atoms with Crippen LogP contribution in [0.1, 0.15) is 0 Å². The third-order valence-corrected chi connectivity index (χ3v) is 2.26. The van der Waals surface area contributed by atoms with Crippen LogP contribution in [0.25, 0.3) is 0 Å². The molecule has 4 nitrogen and oxygen atoms in total. The number of nitrogens with one attached hydrogen (secondary N) is 2. The van der Waals surface area contributed by atoms with Crippen LogP contribution in [0.3, 0.4) is 0 Å². The molecule has 1 aromatic rings. The van der Waals surface area contributed by atoms with E-state index < -0.39 is 5.82 Å². The summed E-state index contributed by atoms with van der Waals surface area (Å²) in [6.45, 7) is 1.29. The Labute approximate surface area is 104 Å². The van der Waals surface area contributed by atoms with Gasteiger partial charge in [0.15, 0.2) is 0 Å². The summed E-state index contributed by atoms with van der Waals surface area (Å²) in [6, 6.07) is 4.02. The van der Waals surface area contributed by atoms with Crippen LogP contribution in [-0.4, -0.2) is 32.7 Å². The zero-order valence-corrected chi connectivity index (χ0v) is 10.2. The van der Waals surface area contributed by atoms with Crippen LogP contribution in [0, 0.1) is 5.82 Å². The summed E-state index contributed by atoms with van der Waals surface area (Å²) in [5.41, 5.74) is 0.468. The van der Waals surface area contributed by atoms with Crippen molar-refractivity contribution in [1.29, 1.82) is 0 Å². The average molecular weight is 261 g/mol. The Morgan fingerprint density at radius 2 is 2.29 bits per heavy atom. The van der Waals surface area contributed by atoms with Crippen LogP contribution in [0.15, 0.2) is 18.2 Å². The topological polar surface area (TPSA) is 50.4 Å². The number of rotatable bonds is 6. The Morgan fingerprint density at radius 3 is 2.94 bits per heavy atom. The lowest BCUT2D eigenvalue weighted by Crippen LogP contribution is -2.30. The van der Waals surface area contributed by atoms with Gasteiger partial charge in [-0.05, 0) is 18.2 Å². The van der Waals surface area contributed by atoms with Gasteiger partial charge in [0.2, 0.25) is 5.91 Å². The molecule has 17 heavy (non-hydrogen) atoms. The molecule has 0 aliphatic rings. The number of hydrogen-bond donors (Lipinski definition) is 2. The molecule has 1 rings (SSSR count). The second-order valence-electron chi connectivity index (χ2n) is 3.35. The SMILES string of the molecule is COCCNCC(=O)Nc1ccc(F)c(Cl)c1. The molecule has 0 radical (unpaired) electrons. The molecule has 0 heterocycles. The molecular weight excluding hydrogens is 247 g/mol. The number of amides is 1. The highest BCUT2D eigenvalue weighted by atomic mass is 35.5. The zero-order chi connectivity index (χ0) is 12.7. The van der Waals surface area contributed by atoms with Crippen molar-refractivity contribution in [3.05, 3.63) is 29.0 Å². The quantitative estimate of drug-likeness (QED) is 0.765. The van der Waals surface area contributed by atoms with Crippen molar-refractivity contribution in [2.45, 2.75) is 0 Å². The predicted octanol–water partition coefficient (Wildman–Crippen LogP) is 1.65. The molecule has 0 aliphatic heterocycles. The van der Waals surface area contributed by atoms with Gasteiger partial charge in [-0.3, -0.25) is 4.79 Å². The predicted molar refractivity (Wildman–Crippen MR) is 64.8 cm³/mol. The van der Waals surface area contributed by atoms with Crippen LogP contribution in [0.4, 0.5) is 10.1 Å². The third kappa shape index (κ3) is 5.12. The Morgan fingerprint density at radius 1 is 1.53 bits per heavy atom. The Hall–Kier alpha value is -1.17. The summed E-state index contributed by atoms with van der Waals surface area (Å²) in [7, 11) is 1.59. The van der Waals surface area contributed by atoms with E-state index >= 15 is 0 Å². The summed E-state index contributed by atoms with van der Waals surface area (Å²) in [5.74, 6) is -0.730. The van der Waals surface area contributed by atoms with Gasteiger partial charge in [-0.25, -0.2) is 4.39 Å². The molecule has 94 valence electrons. The molecule has 0 unspecified atom stereocenters. The molecular formula is C11H14ClFN2O2. The highest BCUT2D eigenvalue weighted by Gasteiger charge is 2.04. The molecule has 0 fully saturated rings. The first-order valence-electron chi connectivity index (χ1n) is 5.08. The lowest BCUT2D eigenvalue weighted by atomic mass is 10.3. The van der Waals surface area contributed by atoms with Crippen molar-refractivity contribution in [2.75, 3.05) is 32.1 Å². The standard InChI is InChI=1S/C11H14ClFN2O2/c1-17-5-4-14-7-11(16)15-8-2-3-10(13)9(12)6-8/h2-3,6,14H,4-5,7H2,1H3,(H,15,16). The fraction of sp³-hybridized carbons (Fsp3) is 0.364. The summed E-state index contributed by atoms with van der Waals surface area (Å²) >= 11 is 5.58. The molecule has 0 atom stereocenters. The van der Waals surface area contributed by atoms with Crippen molar-refractivity contribution in [2.24, 2.45) is 0 Å². The molecule has 0 spiro atoms. The van der Waals surface area contributed by atoms with E-state index in [-0.39, 0.29) is 17.5 Å². The fourth-order valence-electron chi connectivity index (χ4n) is 1.16. The molecule has 0 saturated heterocycles. The normalized spacial score (nSPS) is 10.3. The van der Waals surface area contributed by atoms with E-state index in [9.17, 15) is 9.18 Å². The van der Waals surface area contributed by atoms with Gasteiger partial charge in [-0.2, -0.15) is 0 Å². The second-order valence-corrected chi connectivity index (χ2v) is 3.75. The van der Waals surface area contributed by atoms with E-state index in [0.717, 1.165) is 0 Å². The van der Waals surface area contributed by atoms with Gasteiger partial charge in [0, 0.05) is 19.3 Å². The Balaban J connectivity index is 2.37. The van der Waals surface area contributed by atoms with Gasteiger partial charge in [0.1, 0.15) is 5.82 Å². The van der Waals surface area contributed by atoms with Crippen LogP contribution in [-0.2, 0) is 9.53 Å². The van der Waals surface area contributed by atoms with E-state index in [2.05, 4.69) is 10.6 Å². The van der Waals surface area contributed by atoms with Crippen LogP contribution in [0.5, 0.6) is 0 Å². The number of carbonyl (C=O) groups is 1. The zero-order valence-electron chi connectivity index (χ0n) is 9.43. The summed E-state index contributed by atoms with van der Waals surface area (Å²) in [6.07, 6.45) is 0. The van der Waals surface area contributed by atoms with E-state index in [1.807, 2.05) is 0 Å². The third-order valence-electron chi connectivity index (χ3n) is 1.97. The van der Waals surface area contributed by atoms with Gasteiger partial charge in [-0.15, -0.1) is 0 Å². The van der Waals surface area contributed by atoms with E-state index in [0.29, 0.717) is 18.8 Å². The molecule has 1 amide bonds. The van der Waals surface area contributed by atoms with Crippen LogP contribution >= 0.6 is 11.6 Å². The number of ether oxygens (including phenoxy) is 1. The number of benzene rings is 1. The first-order chi connectivity index (χ1) is 8.13. The minimum atomic E-state index is -0.511. The molecule has 6 heteroatoms. The summed E-state index contributed by atoms with van der Waals surface area (Å²) in [4.78, 5) is 11.4. The first-order valence-corrected chi connectivity index (χ1v) is 5.46. The van der Waals surface area contributed by atoms with Crippen LogP contribution < -0.4 is 10.6 Å². The van der Waals surface area contributed by atoms with E-state index in [4.69, 9.17) is 16.3 Å². The van der Waals surface area contributed by atoms with Gasteiger partial charge in [-0.1, -0.05) is 11.6 Å². The second kappa shape index (κ2) is 7.21. The largest absolute Gasteiger partial charge is 0.383 e. The lowest BCUT2D eigenvalue weighted by Gasteiger charge is -2.07. The minimum absolute atomic E-state index is 0.0184. The number of carbonyl (C=O) groups excluding carboxylic acids is 1. The van der Waals surface area contributed by atoms with Crippen molar-refractivity contribution in [3.63, 3.8) is 0 Å². The molecule has 1 aromatic carbocycles. The van der Waals surface area contributed by atoms with E-state index in [1.54, 1.807) is 7.11 Å². The lowest BCUT2D eigenvalue weighted by molar-refractivity contribution is -0.115. The molecule has 0 bridgehead atoms. The number of halogens is 2. The maximum atomic E-state index is 12.9. The molecule has 0 saturated carbocycles. The monoisotopic (exact) mass is 260 g/mol. The highest BCUT2D eigenvalue weighted by Crippen LogP contribution is 2.18. The summed E-state index contributed by atoms with van der Waals surface area (Å²) in [5, 5.41) is 5.46.